The van der Waals surface area contributed by atoms with Gasteiger partial charge in [-0.15, -0.1) is 0 Å². The molecule has 0 saturated carbocycles. The third-order valence-electron chi connectivity index (χ3n) is 4.03. The molecule has 0 fully saturated rings. The minimum absolute atomic E-state index is 0.423. The van der Waals surface area contributed by atoms with Gasteiger partial charge in [0.25, 0.3) is 0 Å². The number of hydrogen-bond donors (Lipinski definition) is 1. The van der Waals surface area contributed by atoms with E-state index in [1.54, 1.807) is 6.33 Å². The van der Waals surface area contributed by atoms with Crippen molar-refractivity contribution in [3.05, 3.63) is 47.0 Å². The zero-order valence-corrected chi connectivity index (χ0v) is 11.7. The van der Waals surface area contributed by atoms with Crippen LogP contribution in [0.2, 0.25) is 0 Å². The maximum Gasteiger partial charge on any atom is 0.140 e. The SMILES string of the molecule is Cc1ccc2c(c1)C(NCc1ncnn1C)C(C)C2. The van der Waals surface area contributed by atoms with E-state index in [9.17, 15) is 0 Å². The Morgan fingerprint density at radius 2 is 2.26 bits per heavy atom. The first-order chi connectivity index (χ1) is 9.15. The molecular weight excluding hydrogens is 236 g/mol. The molecule has 1 heterocycles. The largest absolute Gasteiger partial charge is 0.303 e. The molecule has 1 aromatic heterocycles. The summed E-state index contributed by atoms with van der Waals surface area (Å²) in [6.45, 7) is 5.23. The lowest BCUT2D eigenvalue weighted by Gasteiger charge is -2.18. The van der Waals surface area contributed by atoms with E-state index in [1.165, 1.54) is 16.7 Å². The molecule has 2 unspecified atom stereocenters. The summed E-state index contributed by atoms with van der Waals surface area (Å²) in [7, 11) is 1.93. The average Bonchev–Trinajstić information content (AvgIpc) is 2.90. The van der Waals surface area contributed by atoms with E-state index in [0.29, 0.717) is 12.0 Å². The van der Waals surface area contributed by atoms with Gasteiger partial charge in [-0.05, 0) is 30.4 Å². The molecule has 3 rings (SSSR count). The Morgan fingerprint density at radius 1 is 1.42 bits per heavy atom. The lowest BCUT2D eigenvalue weighted by Crippen LogP contribution is -2.25. The number of rotatable bonds is 3. The van der Waals surface area contributed by atoms with Crippen molar-refractivity contribution in [3.8, 4) is 0 Å². The molecule has 1 aliphatic rings. The number of fused-ring (bicyclic) bond motifs is 1. The van der Waals surface area contributed by atoms with Crippen LogP contribution in [0, 0.1) is 12.8 Å². The van der Waals surface area contributed by atoms with Gasteiger partial charge in [-0.1, -0.05) is 30.7 Å². The molecule has 19 heavy (non-hydrogen) atoms. The summed E-state index contributed by atoms with van der Waals surface area (Å²) in [5.74, 6) is 1.61. The lowest BCUT2D eigenvalue weighted by atomic mass is 10.0. The molecule has 4 nitrogen and oxygen atoms in total. The van der Waals surface area contributed by atoms with Gasteiger partial charge in [0.2, 0.25) is 0 Å². The van der Waals surface area contributed by atoms with Gasteiger partial charge in [0, 0.05) is 13.1 Å². The third-order valence-corrected chi connectivity index (χ3v) is 4.03. The highest BCUT2D eigenvalue weighted by atomic mass is 15.3. The van der Waals surface area contributed by atoms with Crippen molar-refractivity contribution >= 4 is 0 Å². The first-order valence-electron chi connectivity index (χ1n) is 6.81. The Balaban J connectivity index is 1.79. The summed E-state index contributed by atoms with van der Waals surface area (Å²) >= 11 is 0. The van der Waals surface area contributed by atoms with E-state index < -0.39 is 0 Å². The fourth-order valence-corrected chi connectivity index (χ4v) is 2.95. The molecule has 2 aromatic rings. The van der Waals surface area contributed by atoms with Gasteiger partial charge in [-0.3, -0.25) is 4.68 Å². The monoisotopic (exact) mass is 256 g/mol. The second kappa shape index (κ2) is 4.78. The van der Waals surface area contributed by atoms with Crippen LogP contribution < -0.4 is 5.32 Å². The van der Waals surface area contributed by atoms with Crippen LogP contribution >= 0.6 is 0 Å². The van der Waals surface area contributed by atoms with Crippen LogP contribution in [0.15, 0.2) is 24.5 Å². The highest BCUT2D eigenvalue weighted by molar-refractivity contribution is 5.38. The predicted molar refractivity (Wildman–Crippen MR) is 74.6 cm³/mol. The van der Waals surface area contributed by atoms with Crippen LogP contribution in [0.5, 0.6) is 0 Å². The van der Waals surface area contributed by atoms with Crippen molar-refractivity contribution in [2.75, 3.05) is 0 Å². The maximum atomic E-state index is 4.26. The molecule has 0 radical (unpaired) electrons. The fourth-order valence-electron chi connectivity index (χ4n) is 2.95. The van der Waals surface area contributed by atoms with Gasteiger partial charge in [-0.2, -0.15) is 5.10 Å². The Kier molecular flexibility index (Phi) is 3.11. The standard InChI is InChI=1S/C15H20N4/c1-10-4-5-12-7-11(2)15(13(12)6-10)16-8-14-17-9-18-19(14)3/h4-6,9,11,15-16H,7-8H2,1-3H3. The Bertz CT molecular complexity index is 588. The number of nitrogens with zero attached hydrogens (tertiary/aromatic N) is 3. The molecule has 0 aliphatic heterocycles. The van der Waals surface area contributed by atoms with E-state index in [0.717, 1.165) is 18.8 Å². The number of nitrogens with one attached hydrogen (secondary N) is 1. The Hall–Kier alpha value is -1.68. The van der Waals surface area contributed by atoms with Crippen LogP contribution in [0.4, 0.5) is 0 Å². The van der Waals surface area contributed by atoms with Crippen LogP contribution in [0.3, 0.4) is 0 Å². The molecular formula is C15H20N4. The second-order valence-corrected chi connectivity index (χ2v) is 5.54. The highest BCUT2D eigenvalue weighted by Gasteiger charge is 2.29. The minimum atomic E-state index is 0.423. The van der Waals surface area contributed by atoms with Crippen LogP contribution in [0.25, 0.3) is 0 Å². The molecule has 100 valence electrons. The van der Waals surface area contributed by atoms with Gasteiger partial charge in [-0.25, -0.2) is 4.98 Å². The molecule has 0 amide bonds. The summed E-state index contributed by atoms with van der Waals surface area (Å²) in [6, 6.07) is 7.21. The highest BCUT2D eigenvalue weighted by Crippen LogP contribution is 2.36. The number of aryl methyl sites for hydroxylation is 2. The van der Waals surface area contributed by atoms with Gasteiger partial charge in [0.15, 0.2) is 0 Å². The smallest absolute Gasteiger partial charge is 0.140 e. The van der Waals surface area contributed by atoms with Crippen LogP contribution in [0.1, 0.15) is 35.5 Å². The van der Waals surface area contributed by atoms with Gasteiger partial charge in [0.05, 0.1) is 6.54 Å². The van der Waals surface area contributed by atoms with Gasteiger partial charge in [0.1, 0.15) is 12.2 Å². The maximum absolute atomic E-state index is 4.26. The van der Waals surface area contributed by atoms with Crippen molar-refractivity contribution in [2.24, 2.45) is 13.0 Å². The Labute approximate surface area is 113 Å². The molecule has 1 N–H and O–H groups in total. The minimum Gasteiger partial charge on any atom is -0.303 e. The molecule has 0 spiro atoms. The first-order valence-corrected chi connectivity index (χ1v) is 6.81. The number of benzene rings is 1. The van der Waals surface area contributed by atoms with E-state index in [4.69, 9.17) is 0 Å². The van der Waals surface area contributed by atoms with Gasteiger partial charge < -0.3 is 5.32 Å². The van der Waals surface area contributed by atoms with Crippen molar-refractivity contribution in [3.63, 3.8) is 0 Å². The summed E-state index contributed by atoms with van der Waals surface area (Å²) < 4.78 is 1.82. The van der Waals surface area contributed by atoms with Crippen molar-refractivity contribution in [1.82, 2.24) is 20.1 Å². The van der Waals surface area contributed by atoms with E-state index in [2.05, 4.69) is 47.4 Å². The molecule has 4 heteroatoms. The number of aromatic nitrogens is 3. The fraction of sp³-hybridized carbons (Fsp3) is 0.467. The van der Waals surface area contributed by atoms with Crippen LogP contribution in [-0.2, 0) is 20.0 Å². The summed E-state index contributed by atoms with van der Waals surface area (Å²) in [5.41, 5.74) is 4.27. The van der Waals surface area contributed by atoms with Crippen LogP contribution in [-0.4, -0.2) is 14.8 Å². The summed E-state index contributed by atoms with van der Waals surface area (Å²) in [6.07, 6.45) is 2.76. The van der Waals surface area contributed by atoms with Crippen molar-refractivity contribution in [1.29, 1.82) is 0 Å². The molecule has 0 bridgehead atoms. The zero-order chi connectivity index (χ0) is 13.4. The molecule has 2 atom stereocenters. The second-order valence-electron chi connectivity index (χ2n) is 5.54. The summed E-state index contributed by atoms with van der Waals surface area (Å²) in [5, 5.41) is 7.74. The van der Waals surface area contributed by atoms with Crippen molar-refractivity contribution in [2.45, 2.75) is 32.9 Å². The average molecular weight is 256 g/mol. The quantitative estimate of drug-likeness (QED) is 0.915. The topological polar surface area (TPSA) is 42.7 Å². The molecule has 1 aromatic carbocycles. The predicted octanol–water partition coefficient (Wildman–Crippen LogP) is 2.15. The lowest BCUT2D eigenvalue weighted by molar-refractivity contribution is 0.406. The van der Waals surface area contributed by atoms with E-state index in [1.807, 2.05) is 11.7 Å². The van der Waals surface area contributed by atoms with E-state index in [-0.39, 0.29) is 0 Å². The summed E-state index contributed by atoms with van der Waals surface area (Å²) in [4.78, 5) is 4.26. The number of hydrogen-bond acceptors (Lipinski definition) is 3. The molecule has 0 saturated heterocycles. The molecule has 1 aliphatic carbocycles. The Morgan fingerprint density at radius 3 is 3.00 bits per heavy atom. The first kappa shape index (κ1) is 12.4. The van der Waals surface area contributed by atoms with Crippen molar-refractivity contribution < 1.29 is 0 Å². The zero-order valence-electron chi connectivity index (χ0n) is 11.7. The third kappa shape index (κ3) is 2.28. The van der Waals surface area contributed by atoms with E-state index >= 15 is 0 Å². The van der Waals surface area contributed by atoms with Gasteiger partial charge >= 0.3 is 0 Å². The normalized spacial score (nSPS) is 21.6.